The van der Waals surface area contributed by atoms with Gasteiger partial charge in [0.15, 0.2) is 0 Å². The van der Waals surface area contributed by atoms with Crippen molar-refractivity contribution in [2.45, 2.75) is 0 Å². The summed E-state index contributed by atoms with van der Waals surface area (Å²) in [5, 5.41) is 11.8. The molecule has 3 aromatic rings. The Morgan fingerprint density at radius 3 is 2.48 bits per heavy atom. The zero-order valence-corrected chi connectivity index (χ0v) is 12.6. The van der Waals surface area contributed by atoms with Crippen molar-refractivity contribution in [2.75, 3.05) is 19.5 Å². The van der Waals surface area contributed by atoms with Gasteiger partial charge in [-0.05, 0) is 24.3 Å². The summed E-state index contributed by atoms with van der Waals surface area (Å²) in [4.78, 5) is 18.0. The van der Waals surface area contributed by atoms with Gasteiger partial charge in [0.2, 0.25) is 0 Å². The van der Waals surface area contributed by atoms with Crippen molar-refractivity contribution >= 4 is 22.9 Å². The third-order valence-corrected chi connectivity index (χ3v) is 3.47. The number of nitrogens with zero attached hydrogens (tertiary/aromatic N) is 1. The smallest absolute Gasteiger partial charge is 0.410 e. The fourth-order valence-corrected chi connectivity index (χ4v) is 2.51. The number of anilines is 1. The Morgan fingerprint density at radius 1 is 1.17 bits per heavy atom. The molecule has 0 atom stereocenters. The number of hydrogen-bond acceptors (Lipinski definition) is 4. The summed E-state index contributed by atoms with van der Waals surface area (Å²) in [6, 6.07) is 8.96. The summed E-state index contributed by atoms with van der Waals surface area (Å²) in [6.07, 6.45) is 0.637. The molecule has 0 aliphatic rings. The number of fused-ring (bicyclic) bond motifs is 1. The first-order valence-corrected chi connectivity index (χ1v) is 6.83. The van der Waals surface area contributed by atoms with Gasteiger partial charge >= 0.3 is 6.09 Å². The zero-order valence-electron chi connectivity index (χ0n) is 12.6. The largest absolute Gasteiger partial charge is 0.496 e. The number of pyridine rings is 1. The predicted molar refractivity (Wildman–Crippen MR) is 86.3 cm³/mol. The zero-order chi connectivity index (χ0) is 16.4. The lowest BCUT2D eigenvalue weighted by molar-refractivity contribution is 0.209. The molecule has 7 heteroatoms. The minimum atomic E-state index is -1.16. The Kier molecular flexibility index (Phi) is 3.76. The van der Waals surface area contributed by atoms with Crippen molar-refractivity contribution in [1.82, 2.24) is 9.97 Å². The normalized spacial score (nSPS) is 10.5. The van der Waals surface area contributed by atoms with E-state index in [0.717, 1.165) is 16.5 Å². The molecule has 23 heavy (non-hydrogen) atoms. The fourth-order valence-electron chi connectivity index (χ4n) is 2.51. The minimum absolute atomic E-state index is 0.255. The molecule has 2 heterocycles. The molecule has 7 nitrogen and oxygen atoms in total. The molecular formula is C16H15N3O4. The number of carbonyl (C=O) groups is 1. The number of nitrogens with one attached hydrogen (secondary N) is 2. The lowest BCUT2D eigenvalue weighted by Crippen LogP contribution is -2.08. The summed E-state index contributed by atoms with van der Waals surface area (Å²) in [6.45, 7) is 0. The van der Waals surface area contributed by atoms with Crippen molar-refractivity contribution in [3.05, 3.63) is 36.5 Å². The van der Waals surface area contributed by atoms with E-state index in [1.54, 1.807) is 32.5 Å². The second-order valence-electron chi connectivity index (χ2n) is 4.76. The minimum Gasteiger partial charge on any atom is -0.496 e. The van der Waals surface area contributed by atoms with Gasteiger partial charge in [-0.1, -0.05) is 6.07 Å². The molecule has 1 aromatic carbocycles. The van der Waals surface area contributed by atoms with E-state index in [0.29, 0.717) is 17.1 Å². The van der Waals surface area contributed by atoms with Gasteiger partial charge in [-0.25, -0.2) is 9.78 Å². The maximum absolute atomic E-state index is 10.7. The van der Waals surface area contributed by atoms with Crippen molar-refractivity contribution in [1.29, 1.82) is 0 Å². The molecule has 2 aromatic heterocycles. The number of carboxylic acid groups (broad SMARTS) is 1. The highest BCUT2D eigenvalue weighted by Crippen LogP contribution is 2.41. The van der Waals surface area contributed by atoms with Crippen LogP contribution in [0.15, 0.2) is 36.5 Å². The standard InChI is InChI=1S/C16H15N3O4/c1-22-11-4-3-5-12(23-2)14(11)10-8-17-15-9(10)6-7-13(18-15)19-16(20)21/h3-8H,1-2H3,(H,20,21)(H2,17,18,19). The van der Waals surface area contributed by atoms with E-state index in [1.807, 2.05) is 18.2 Å². The van der Waals surface area contributed by atoms with Gasteiger partial charge < -0.3 is 19.6 Å². The first-order valence-electron chi connectivity index (χ1n) is 6.83. The van der Waals surface area contributed by atoms with Crippen molar-refractivity contribution in [3.63, 3.8) is 0 Å². The van der Waals surface area contributed by atoms with E-state index in [9.17, 15) is 4.79 Å². The maximum Gasteiger partial charge on any atom is 0.410 e. The van der Waals surface area contributed by atoms with Gasteiger partial charge in [0.25, 0.3) is 0 Å². The third-order valence-electron chi connectivity index (χ3n) is 3.47. The lowest BCUT2D eigenvalue weighted by Gasteiger charge is -2.12. The number of ether oxygens (including phenoxy) is 2. The molecule has 0 bridgehead atoms. The van der Waals surface area contributed by atoms with Gasteiger partial charge in [-0.2, -0.15) is 0 Å². The van der Waals surface area contributed by atoms with Crippen LogP contribution in [-0.2, 0) is 0 Å². The molecule has 1 amide bonds. The van der Waals surface area contributed by atoms with Crippen LogP contribution in [0.1, 0.15) is 0 Å². The Balaban J connectivity index is 2.16. The SMILES string of the molecule is COc1cccc(OC)c1-c1c[nH]c2nc(NC(=O)O)ccc12. The molecule has 0 aliphatic carbocycles. The first-order chi connectivity index (χ1) is 11.1. The van der Waals surface area contributed by atoms with Crippen LogP contribution in [0.3, 0.4) is 0 Å². The highest BCUT2D eigenvalue weighted by atomic mass is 16.5. The Bertz CT molecular complexity index is 851. The Morgan fingerprint density at radius 2 is 1.87 bits per heavy atom. The summed E-state index contributed by atoms with van der Waals surface area (Å²) in [5.74, 6) is 1.61. The molecule has 0 saturated carbocycles. The average Bonchev–Trinajstić information content (AvgIpc) is 2.96. The number of aromatic amines is 1. The summed E-state index contributed by atoms with van der Waals surface area (Å²) < 4.78 is 10.9. The van der Waals surface area contributed by atoms with Crippen LogP contribution in [0.2, 0.25) is 0 Å². The molecule has 3 N–H and O–H groups in total. The van der Waals surface area contributed by atoms with Crippen LogP contribution in [0, 0.1) is 0 Å². The van der Waals surface area contributed by atoms with Gasteiger partial charge in [-0.15, -0.1) is 0 Å². The molecule has 0 fully saturated rings. The predicted octanol–water partition coefficient (Wildman–Crippen LogP) is 3.34. The van der Waals surface area contributed by atoms with Crippen molar-refractivity contribution in [2.24, 2.45) is 0 Å². The van der Waals surface area contributed by atoms with Gasteiger partial charge in [0.05, 0.1) is 19.8 Å². The summed E-state index contributed by atoms with van der Waals surface area (Å²) in [7, 11) is 3.19. The molecule has 118 valence electrons. The number of aromatic nitrogens is 2. The van der Waals surface area contributed by atoms with Crippen LogP contribution in [-0.4, -0.2) is 35.4 Å². The quantitative estimate of drug-likeness (QED) is 0.686. The Hall–Kier alpha value is -3.22. The second kappa shape index (κ2) is 5.88. The number of rotatable bonds is 4. The van der Waals surface area contributed by atoms with E-state index in [-0.39, 0.29) is 5.82 Å². The van der Waals surface area contributed by atoms with Gasteiger partial charge in [-0.3, -0.25) is 5.32 Å². The van der Waals surface area contributed by atoms with E-state index < -0.39 is 6.09 Å². The van der Waals surface area contributed by atoms with Gasteiger partial charge in [0, 0.05) is 17.1 Å². The highest BCUT2D eigenvalue weighted by Gasteiger charge is 2.17. The molecule has 0 unspecified atom stereocenters. The van der Waals surface area contributed by atoms with E-state index in [1.165, 1.54) is 0 Å². The van der Waals surface area contributed by atoms with Crippen LogP contribution in [0.4, 0.5) is 10.6 Å². The average molecular weight is 313 g/mol. The number of benzene rings is 1. The molecule has 0 aliphatic heterocycles. The molecular weight excluding hydrogens is 298 g/mol. The van der Waals surface area contributed by atoms with Crippen molar-refractivity contribution < 1.29 is 19.4 Å². The monoisotopic (exact) mass is 313 g/mol. The molecule has 0 spiro atoms. The van der Waals surface area contributed by atoms with Crippen LogP contribution in [0.25, 0.3) is 22.2 Å². The van der Waals surface area contributed by atoms with Crippen LogP contribution >= 0.6 is 0 Å². The summed E-state index contributed by atoms with van der Waals surface area (Å²) in [5.41, 5.74) is 2.24. The van der Waals surface area contributed by atoms with Crippen LogP contribution < -0.4 is 14.8 Å². The van der Waals surface area contributed by atoms with Gasteiger partial charge in [0.1, 0.15) is 23.0 Å². The maximum atomic E-state index is 10.7. The molecule has 0 radical (unpaired) electrons. The molecule has 3 rings (SSSR count). The fraction of sp³-hybridized carbons (Fsp3) is 0.125. The topological polar surface area (TPSA) is 96.5 Å². The van der Waals surface area contributed by atoms with Crippen molar-refractivity contribution in [3.8, 4) is 22.6 Å². The van der Waals surface area contributed by atoms with E-state index >= 15 is 0 Å². The second-order valence-corrected chi connectivity index (χ2v) is 4.76. The number of H-pyrrole nitrogens is 1. The Labute approximate surface area is 131 Å². The number of hydrogen-bond donors (Lipinski definition) is 3. The molecule has 0 saturated heterocycles. The lowest BCUT2D eigenvalue weighted by atomic mass is 10.0. The first kappa shape index (κ1) is 14.7. The third kappa shape index (κ3) is 2.64. The number of amides is 1. The highest BCUT2D eigenvalue weighted by molar-refractivity contribution is 5.98. The van der Waals surface area contributed by atoms with E-state index in [2.05, 4.69) is 15.3 Å². The summed E-state index contributed by atoms with van der Waals surface area (Å²) >= 11 is 0. The van der Waals surface area contributed by atoms with Crippen LogP contribution in [0.5, 0.6) is 11.5 Å². The van der Waals surface area contributed by atoms with E-state index in [4.69, 9.17) is 14.6 Å². The number of methoxy groups -OCH3 is 2.